The van der Waals surface area contributed by atoms with E-state index in [9.17, 15) is 15.3 Å². The first-order chi connectivity index (χ1) is 15.1. The van der Waals surface area contributed by atoms with Crippen molar-refractivity contribution in [1.82, 2.24) is 0 Å². The maximum Gasteiger partial charge on any atom is 0.0654 e. The van der Waals surface area contributed by atoms with Crippen molar-refractivity contribution < 1.29 is 15.3 Å². The molecule has 4 aliphatic rings. The summed E-state index contributed by atoms with van der Waals surface area (Å²) in [6.07, 6.45) is 10.6. The fourth-order valence-corrected chi connectivity index (χ4v) is 10.3. The SMILES string of the molecule is CC(C)=CCC[C@](C)(O)[C@@H]1CC[C@]2(C)[C@H]1[C@H](O)C[C@H]1[C@@]3(C)CC[C@H](O)C(C)(C)[C@@H]3CC[C@]12C. The predicted octanol–water partition coefficient (Wildman–Crippen LogP) is 6.50. The van der Waals surface area contributed by atoms with Crippen LogP contribution in [0.4, 0.5) is 0 Å². The molecule has 4 aliphatic carbocycles. The minimum absolute atomic E-state index is 0.0503. The molecule has 0 saturated heterocycles. The third kappa shape index (κ3) is 3.61. The molecule has 4 fully saturated rings. The minimum atomic E-state index is -0.739. The predicted molar refractivity (Wildman–Crippen MR) is 136 cm³/mol. The van der Waals surface area contributed by atoms with Crippen LogP contribution in [0.25, 0.3) is 0 Å². The van der Waals surface area contributed by atoms with Crippen molar-refractivity contribution >= 4 is 0 Å². The maximum absolute atomic E-state index is 11.8. The number of aliphatic hydroxyl groups is 3. The highest BCUT2D eigenvalue weighted by Crippen LogP contribution is 2.75. The van der Waals surface area contributed by atoms with Gasteiger partial charge in [-0.3, -0.25) is 0 Å². The van der Waals surface area contributed by atoms with E-state index in [4.69, 9.17) is 0 Å². The highest BCUT2D eigenvalue weighted by atomic mass is 16.3. The molecule has 10 atom stereocenters. The molecule has 0 amide bonds. The summed E-state index contributed by atoms with van der Waals surface area (Å²) in [5, 5.41) is 34.3. The van der Waals surface area contributed by atoms with Gasteiger partial charge in [0.1, 0.15) is 0 Å². The van der Waals surface area contributed by atoms with Crippen LogP contribution in [0.15, 0.2) is 11.6 Å². The van der Waals surface area contributed by atoms with E-state index in [1.165, 1.54) is 18.4 Å². The average Bonchev–Trinajstić information content (AvgIpc) is 3.08. The molecule has 33 heavy (non-hydrogen) atoms. The summed E-state index contributed by atoms with van der Waals surface area (Å²) >= 11 is 0. The van der Waals surface area contributed by atoms with E-state index in [0.29, 0.717) is 11.8 Å². The number of rotatable bonds is 4. The Hall–Kier alpha value is -0.380. The van der Waals surface area contributed by atoms with E-state index in [-0.39, 0.29) is 45.7 Å². The second-order valence-corrected chi connectivity index (χ2v) is 14.5. The molecule has 0 unspecified atom stereocenters. The fourth-order valence-electron chi connectivity index (χ4n) is 10.3. The van der Waals surface area contributed by atoms with Crippen LogP contribution in [0, 0.1) is 45.3 Å². The quantitative estimate of drug-likeness (QED) is 0.420. The number of fused-ring (bicyclic) bond motifs is 5. The lowest BCUT2D eigenvalue weighted by atomic mass is 9.35. The van der Waals surface area contributed by atoms with Crippen LogP contribution in [0.2, 0.25) is 0 Å². The lowest BCUT2D eigenvalue weighted by Crippen LogP contribution is -2.66. The van der Waals surface area contributed by atoms with Crippen molar-refractivity contribution in [3.8, 4) is 0 Å². The average molecular weight is 461 g/mol. The third-order valence-electron chi connectivity index (χ3n) is 12.4. The van der Waals surface area contributed by atoms with Crippen LogP contribution in [0.3, 0.4) is 0 Å². The summed E-state index contributed by atoms with van der Waals surface area (Å²) in [5.41, 5.74) is 0.885. The molecule has 0 radical (unpaired) electrons. The van der Waals surface area contributed by atoms with Gasteiger partial charge in [0, 0.05) is 0 Å². The molecule has 0 spiro atoms. The van der Waals surface area contributed by atoms with Crippen LogP contribution in [-0.2, 0) is 0 Å². The third-order valence-corrected chi connectivity index (χ3v) is 12.4. The van der Waals surface area contributed by atoms with Crippen LogP contribution < -0.4 is 0 Å². The zero-order chi connectivity index (χ0) is 24.6. The lowest BCUT2D eigenvalue weighted by molar-refractivity contribution is -0.246. The standard InChI is InChI=1S/C30H52O3/c1-19(2)10-9-14-30(8,33)20-11-16-29(7)25(20)21(31)18-23-27(5)15-13-24(32)26(3,4)22(27)12-17-28(23,29)6/h10,20-25,31-33H,9,11-18H2,1-8H3/t20-,21-,22+,23+,24+,25-,27+,28-,29-,30+/m1/s1. The molecule has 4 rings (SSSR count). The summed E-state index contributed by atoms with van der Waals surface area (Å²) in [5.74, 6) is 1.31. The van der Waals surface area contributed by atoms with Crippen LogP contribution in [0.1, 0.15) is 113 Å². The molecule has 3 N–H and O–H groups in total. The molecule has 0 bridgehead atoms. The summed E-state index contributed by atoms with van der Waals surface area (Å²) in [6, 6.07) is 0. The molecule has 0 heterocycles. The number of aliphatic hydroxyl groups excluding tert-OH is 2. The van der Waals surface area contributed by atoms with Crippen molar-refractivity contribution in [3.05, 3.63) is 11.6 Å². The topological polar surface area (TPSA) is 60.7 Å². The minimum Gasteiger partial charge on any atom is -0.393 e. The van der Waals surface area contributed by atoms with Crippen LogP contribution in [-0.4, -0.2) is 33.1 Å². The van der Waals surface area contributed by atoms with Gasteiger partial charge in [-0.25, -0.2) is 0 Å². The first-order valence-electron chi connectivity index (χ1n) is 13.8. The van der Waals surface area contributed by atoms with Crippen molar-refractivity contribution in [2.45, 2.75) is 131 Å². The monoisotopic (exact) mass is 460 g/mol. The molecule has 190 valence electrons. The van der Waals surface area contributed by atoms with E-state index in [1.54, 1.807) is 0 Å². The van der Waals surface area contributed by atoms with E-state index in [2.05, 4.69) is 54.5 Å². The van der Waals surface area contributed by atoms with Crippen molar-refractivity contribution in [2.75, 3.05) is 0 Å². The molecule has 3 heteroatoms. The summed E-state index contributed by atoms with van der Waals surface area (Å²) in [7, 11) is 0. The molecule has 3 nitrogen and oxygen atoms in total. The second kappa shape index (κ2) is 8.07. The molecule has 0 aromatic rings. The van der Waals surface area contributed by atoms with E-state index < -0.39 is 5.60 Å². The number of hydrogen-bond acceptors (Lipinski definition) is 3. The van der Waals surface area contributed by atoms with E-state index >= 15 is 0 Å². The van der Waals surface area contributed by atoms with Crippen LogP contribution >= 0.6 is 0 Å². The summed E-state index contributed by atoms with van der Waals surface area (Å²) in [4.78, 5) is 0. The highest BCUT2D eigenvalue weighted by molar-refractivity contribution is 5.20. The summed E-state index contributed by atoms with van der Waals surface area (Å²) in [6.45, 7) is 18.3. The van der Waals surface area contributed by atoms with Gasteiger partial charge in [-0.15, -0.1) is 0 Å². The van der Waals surface area contributed by atoms with Gasteiger partial charge in [0.25, 0.3) is 0 Å². The molecular formula is C30H52O3. The Kier molecular flexibility index (Phi) is 6.28. The van der Waals surface area contributed by atoms with Gasteiger partial charge >= 0.3 is 0 Å². The van der Waals surface area contributed by atoms with Gasteiger partial charge in [0.2, 0.25) is 0 Å². The van der Waals surface area contributed by atoms with Gasteiger partial charge in [0.15, 0.2) is 0 Å². The van der Waals surface area contributed by atoms with E-state index in [1.807, 2.05) is 6.92 Å². The first kappa shape index (κ1) is 25.7. The van der Waals surface area contributed by atoms with Crippen LogP contribution in [0.5, 0.6) is 0 Å². The Labute approximate surface area is 203 Å². The normalized spacial score (nSPS) is 50.5. The molecule has 0 aromatic heterocycles. The zero-order valence-corrected chi connectivity index (χ0v) is 22.7. The molecule has 0 aromatic carbocycles. The molecule has 0 aliphatic heterocycles. The Morgan fingerprint density at radius 1 is 0.909 bits per heavy atom. The van der Waals surface area contributed by atoms with Gasteiger partial charge < -0.3 is 15.3 Å². The highest BCUT2D eigenvalue weighted by Gasteiger charge is 2.71. The van der Waals surface area contributed by atoms with E-state index in [0.717, 1.165) is 44.9 Å². The second-order valence-electron chi connectivity index (χ2n) is 14.5. The number of allylic oxidation sites excluding steroid dienone is 2. The maximum atomic E-state index is 11.8. The largest absolute Gasteiger partial charge is 0.393 e. The van der Waals surface area contributed by atoms with Gasteiger partial charge in [-0.1, -0.05) is 46.3 Å². The Morgan fingerprint density at radius 2 is 1.55 bits per heavy atom. The molecular weight excluding hydrogens is 408 g/mol. The lowest BCUT2D eigenvalue weighted by Gasteiger charge is -2.70. The van der Waals surface area contributed by atoms with Gasteiger partial charge in [0.05, 0.1) is 17.8 Å². The van der Waals surface area contributed by atoms with Crippen molar-refractivity contribution in [3.63, 3.8) is 0 Å². The van der Waals surface area contributed by atoms with Crippen molar-refractivity contribution in [1.29, 1.82) is 0 Å². The van der Waals surface area contributed by atoms with Gasteiger partial charge in [-0.2, -0.15) is 0 Å². The summed E-state index contributed by atoms with van der Waals surface area (Å²) < 4.78 is 0. The Balaban J connectivity index is 1.66. The Bertz CT molecular complexity index is 779. The van der Waals surface area contributed by atoms with Crippen molar-refractivity contribution in [2.24, 2.45) is 45.3 Å². The Morgan fingerprint density at radius 3 is 2.18 bits per heavy atom. The molecule has 4 saturated carbocycles. The smallest absolute Gasteiger partial charge is 0.0654 e. The van der Waals surface area contributed by atoms with Gasteiger partial charge in [-0.05, 0) is 124 Å². The number of hydrogen-bond donors (Lipinski definition) is 3. The zero-order valence-electron chi connectivity index (χ0n) is 22.7. The fraction of sp³-hybridized carbons (Fsp3) is 0.933. The first-order valence-corrected chi connectivity index (χ1v) is 13.8.